The van der Waals surface area contributed by atoms with Gasteiger partial charge in [0.1, 0.15) is 0 Å². The quantitative estimate of drug-likeness (QED) is 0.697. The Kier molecular flexibility index (Phi) is 2.00. The highest BCUT2D eigenvalue weighted by molar-refractivity contribution is 7.98. The van der Waals surface area contributed by atoms with E-state index in [1.165, 1.54) is 4.88 Å². The van der Waals surface area contributed by atoms with E-state index in [2.05, 4.69) is 0 Å². The first-order chi connectivity index (χ1) is 6.86. The molecule has 0 saturated carbocycles. The third-order valence-electron chi connectivity index (χ3n) is 2.18. The molecule has 3 rings (SSSR count). The summed E-state index contributed by atoms with van der Waals surface area (Å²) < 4.78 is 0. The lowest BCUT2D eigenvalue weighted by atomic mass is 10.1. The summed E-state index contributed by atoms with van der Waals surface area (Å²) in [6, 6.07) is 3.98. The van der Waals surface area contributed by atoms with E-state index in [4.69, 9.17) is 0 Å². The molecule has 0 unspecified atom stereocenters. The lowest BCUT2D eigenvalue weighted by Crippen LogP contribution is -1.97. The van der Waals surface area contributed by atoms with Crippen molar-refractivity contribution in [1.29, 1.82) is 0 Å². The molecule has 0 saturated heterocycles. The Bertz CT molecular complexity index is 451. The van der Waals surface area contributed by atoms with Gasteiger partial charge in [0.2, 0.25) is 5.78 Å². The summed E-state index contributed by atoms with van der Waals surface area (Å²) in [5, 5.41) is 3.99. The molecular formula is C10H6OS3. The number of hydrogen-bond donors (Lipinski definition) is 0. The zero-order chi connectivity index (χ0) is 9.54. The number of carbonyl (C=O) groups excluding carboxylic acids is 1. The Labute approximate surface area is 93.8 Å². The van der Waals surface area contributed by atoms with Crippen molar-refractivity contribution in [2.45, 2.75) is 10.6 Å². The molecule has 2 aromatic heterocycles. The standard InChI is InChI=1S/C10H6OS3/c11-9-6-1-3-12-8(6)5-14-7-2-4-13-10(7)9/h1-4H,5H2. The van der Waals surface area contributed by atoms with Gasteiger partial charge in [0, 0.05) is 21.1 Å². The summed E-state index contributed by atoms with van der Waals surface area (Å²) in [4.78, 5) is 15.3. The number of hydrogen-bond acceptors (Lipinski definition) is 4. The second-order valence-electron chi connectivity index (χ2n) is 2.99. The Hall–Kier alpha value is -0.580. The fourth-order valence-electron chi connectivity index (χ4n) is 1.50. The van der Waals surface area contributed by atoms with Gasteiger partial charge in [0.05, 0.1) is 4.88 Å². The average Bonchev–Trinajstić information content (AvgIpc) is 2.81. The van der Waals surface area contributed by atoms with E-state index in [1.54, 1.807) is 34.4 Å². The molecule has 1 aliphatic heterocycles. The minimum atomic E-state index is 0.205. The van der Waals surface area contributed by atoms with Crippen molar-refractivity contribution in [2.75, 3.05) is 0 Å². The molecule has 0 amide bonds. The van der Waals surface area contributed by atoms with Gasteiger partial charge in [0.15, 0.2) is 0 Å². The highest BCUT2D eigenvalue weighted by atomic mass is 32.2. The third kappa shape index (κ3) is 1.18. The Balaban J connectivity index is 2.22. The normalized spacial score (nSPS) is 14.7. The number of thioether (sulfide) groups is 1. The van der Waals surface area contributed by atoms with Crippen LogP contribution in [0.25, 0.3) is 0 Å². The smallest absolute Gasteiger partial charge is 0.205 e. The first-order valence-corrected chi connectivity index (χ1v) is 6.92. The van der Waals surface area contributed by atoms with Crippen LogP contribution in [-0.2, 0) is 5.75 Å². The number of ketones is 1. The summed E-state index contributed by atoms with van der Waals surface area (Å²) >= 11 is 4.99. The first-order valence-electron chi connectivity index (χ1n) is 4.17. The fourth-order valence-corrected chi connectivity index (χ4v) is 4.58. The summed E-state index contributed by atoms with van der Waals surface area (Å²) in [5.41, 5.74) is 0.906. The number of rotatable bonds is 0. The summed E-state index contributed by atoms with van der Waals surface area (Å²) in [7, 11) is 0. The van der Waals surface area contributed by atoms with Crippen LogP contribution in [0.3, 0.4) is 0 Å². The molecule has 0 N–H and O–H groups in total. The average molecular weight is 238 g/mol. The van der Waals surface area contributed by atoms with Crippen molar-refractivity contribution < 1.29 is 4.79 Å². The van der Waals surface area contributed by atoms with E-state index >= 15 is 0 Å². The van der Waals surface area contributed by atoms with E-state index in [0.717, 1.165) is 21.1 Å². The van der Waals surface area contributed by atoms with Gasteiger partial charge in [-0.3, -0.25) is 4.79 Å². The molecule has 14 heavy (non-hydrogen) atoms. The molecule has 1 nitrogen and oxygen atoms in total. The number of thiophene rings is 2. The van der Waals surface area contributed by atoms with Gasteiger partial charge in [-0.25, -0.2) is 0 Å². The highest BCUT2D eigenvalue weighted by Crippen LogP contribution is 2.38. The number of carbonyl (C=O) groups is 1. The van der Waals surface area contributed by atoms with Crippen LogP contribution in [0, 0.1) is 0 Å². The molecule has 2 aromatic rings. The van der Waals surface area contributed by atoms with Crippen LogP contribution in [-0.4, -0.2) is 5.78 Å². The molecule has 0 spiro atoms. The van der Waals surface area contributed by atoms with Crippen molar-refractivity contribution >= 4 is 40.2 Å². The maximum Gasteiger partial charge on any atom is 0.205 e. The van der Waals surface area contributed by atoms with Crippen molar-refractivity contribution in [3.63, 3.8) is 0 Å². The molecule has 1 aliphatic rings. The van der Waals surface area contributed by atoms with Crippen LogP contribution < -0.4 is 0 Å². The molecule has 0 atom stereocenters. The van der Waals surface area contributed by atoms with E-state index in [1.807, 2.05) is 22.9 Å². The Morgan fingerprint density at radius 2 is 2.00 bits per heavy atom. The van der Waals surface area contributed by atoms with Gasteiger partial charge in [-0.15, -0.1) is 34.4 Å². The van der Waals surface area contributed by atoms with E-state index in [0.29, 0.717) is 0 Å². The maximum absolute atomic E-state index is 12.1. The van der Waals surface area contributed by atoms with Gasteiger partial charge in [-0.2, -0.15) is 0 Å². The Morgan fingerprint density at radius 1 is 1.14 bits per heavy atom. The van der Waals surface area contributed by atoms with E-state index < -0.39 is 0 Å². The van der Waals surface area contributed by atoms with Gasteiger partial charge in [-0.1, -0.05) is 0 Å². The SMILES string of the molecule is O=C1c2ccsc2CSc2ccsc21. The molecule has 4 heteroatoms. The molecule has 0 bridgehead atoms. The first kappa shape index (κ1) is 8.71. The molecule has 3 heterocycles. The predicted octanol–water partition coefficient (Wildman–Crippen LogP) is 3.65. The maximum atomic E-state index is 12.1. The zero-order valence-corrected chi connectivity index (χ0v) is 9.60. The molecule has 0 fully saturated rings. The third-order valence-corrected chi connectivity index (χ3v) is 5.41. The van der Waals surface area contributed by atoms with E-state index in [-0.39, 0.29) is 5.78 Å². The minimum Gasteiger partial charge on any atom is -0.288 e. The predicted molar refractivity (Wildman–Crippen MR) is 61.6 cm³/mol. The van der Waals surface area contributed by atoms with Crippen LogP contribution in [0.4, 0.5) is 0 Å². The van der Waals surface area contributed by atoms with Crippen LogP contribution in [0.5, 0.6) is 0 Å². The molecule has 0 aromatic carbocycles. The summed E-state index contributed by atoms with van der Waals surface area (Å²) in [5.74, 6) is 1.14. The van der Waals surface area contributed by atoms with Crippen LogP contribution in [0.15, 0.2) is 27.8 Å². The van der Waals surface area contributed by atoms with Gasteiger partial charge in [0.25, 0.3) is 0 Å². The lowest BCUT2D eigenvalue weighted by Gasteiger charge is -1.93. The van der Waals surface area contributed by atoms with Gasteiger partial charge < -0.3 is 0 Å². The summed E-state index contributed by atoms with van der Waals surface area (Å²) in [6.45, 7) is 0. The number of fused-ring (bicyclic) bond motifs is 2. The highest BCUT2D eigenvalue weighted by Gasteiger charge is 2.23. The van der Waals surface area contributed by atoms with Crippen molar-refractivity contribution in [1.82, 2.24) is 0 Å². The zero-order valence-electron chi connectivity index (χ0n) is 7.15. The second-order valence-corrected chi connectivity index (χ2v) is 5.92. The van der Waals surface area contributed by atoms with Gasteiger partial charge >= 0.3 is 0 Å². The minimum absolute atomic E-state index is 0.205. The van der Waals surface area contributed by atoms with Gasteiger partial charge in [-0.05, 0) is 22.9 Å². The largest absolute Gasteiger partial charge is 0.288 e. The Morgan fingerprint density at radius 3 is 2.93 bits per heavy atom. The van der Waals surface area contributed by atoms with E-state index in [9.17, 15) is 4.79 Å². The second kappa shape index (κ2) is 3.22. The van der Waals surface area contributed by atoms with Crippen LogP contribution >= 0.6 is 34.4 Å². The monoisotopic (exact) mass is 238 g/mol. The van der Waals surface area contributed by atoms with Crippen molar-refractivity contribution in [3.05, 3.63) is 38.2 Å². The van der Waals surface area contributed by atoms with Crippen LogP contribution in [0.1, 0.15) is 20.1 Å². The molecule has 0 aliphatic carbocycles. The van der Waals surface area contributed by atoms with Crippen molar-refractivity contribution in [3.8, 4) is 0 Å². The lowest BCUT2D eigenvalue weighted by molar-refractivity contribution is 0.104. The summed E-state index contributed by atoms with van der Waals surface area (Å²) in [6.07, 6.45) is 0. The fraction of sp³-hybridized carbons (Fsp3) is 0.100. The topological polar surface area (TPSA) is 17.1 Å². The molecule has 70 valence electrons. The van der Waals surface area contributed by atoms with Crippen LogP contribution in [0.2, 0.25) is 0 Å². The molecular weight excluding hydrogens is 232 g/mol. The van der Waals surface area contributed by atoms with Crippen molar-refractivity contribution in [2.24, 2.45) is 0 Å². The molecule has 0 radical (unpaired) electrons.